The van der Waals surface area contributed by atoms with Crippen molar-refractivity contribution < 1.29 is 19.9 Å². The summed E-state index contributed by atoms with van der Waals surface area (Å²) in [6, 6.07) is 13.2. The van der Waals surface area contributed by atoms with Crippen molar-refractivity contribution in [2.24, 2.45) is 0 Å². The van der Waals surface area contributed by atoms with Crippen LogP contribution < -0.4 is 5.46 Å². The van der Waals surface area contributed by atoms with E-state index >= 15 is 0 Å². The van der Waals surface area contributed by atoms with E-state index in [9.17, 15) is 4.79 Å². The van der Waals surface area contributed by atoms with Gasteiger partial charge in [0.25, 0.3) is 0 Å². The maximum atomic E-state index is 10.9. The van der Waals surface area contributed by atoms with E-state index < -0.39 is 13.1 Å². The highest BCUT2D eigenvalue weighted by molar-refractivity contribution is 6.58. The van der Waals surface area contributed by atoms with E-state index in [-0.39, 0.29) is 5.56 Å². The molecule has 2 rings (SSSR count). The third kappa shape index (κ3) is 2.59. The van der Waals surface area contributed by atoms with Crippen LogP contribution in [0.3, 0.4) is 0 Å². The number of hydrogen-bond donors (Lipinski definition) is 3. The predicted molar refractivity (Wildman–Crippen MR) is 68.7 cm³/mol. The van der Waals surface area contributed by atoms with Crippen LogP contribution in [0.15, 0.2) is 48.5 Å². The molecule has 0 fully saturated rings. The molecule has 0 bridgehead atoms. The van der Waals surface area contributed by atoms with Crippen LogP contribution in [-0.2, 0) is 0 Å². The fourth-order valence-electron chi connectivity index (χ4n) is 1.68. The molecule has 0 aliphatic rings. The summed E-state index contributed by atoms with van der Waals surface area (Å²) in [5.74, 6) is -0.973. The zero-order chi connectivity index (χ0) is 13.1. The molecular formula is C13H11BO4. The van der Waals surface area contributed by atoms with Crippen molar-refractivity contribution in [1.82, 2.24) is 0 Å². The minimum absolute atomic E-state index is 0.221. The average Bonchev–Trinajstić information content (AvgIpc) is 2.39. The van der Waals surface area contributed by atoms with Crippen molar-refractivity contribution in [3.05, 3.63) is 54.1 Å². The van der Waals surface area contributed by atoms with Crippen molar-refractivity contribution in [2.75, 3.05) is 0 Å². The normalized spacial score (nSPS) is 10.1. The molecule has 0 spiro atoms. The van der Waals surface area contributed by atoms with E-state index in [1.54, 1.807) is 42.5 Å². The molecule has 0 atom stereocenters. The molecule has 2 aromatic carbocycles. The van der Waals surface area contributed by atoms with Crippen LogP contribution in [0, 0.1) is 0 Å². The van der Waals surface area contributed by atoms with Gasteiger partial charge in [-0.25, -0.2) is 4.79 Å². The molecule has 0 saturated heterocycles. The van der Waals surface area contributed by atoms with Crippen LogP contribution in [-0.4, -0.2) is 28.2 Å². The first-order valence-corrected chi connectivity index (χ1v) is 5.38. The van der Waals surface area contributed by atoms with Gasteiger partial charge in [0.05, 0.1) is 5.56 Å². The summed E-state index contributed by atoms with van der Waals surface area (Å²) in [6.45, 7) is 0. The molecule has 18 heavy (non-hydrogen) atoms. The Labute approximate surface area is 104 Å². The van der Waals surface area contributed by atoms with Crippen LogP contribution in [0.25, 0.3) is 11.1 Å². The Balaban J connectivity index is 2.36. The summed E-state index contributed by atoms with van der Waals surface area (Å²) in [5.41, 5.74) is 2.21. The van der Waals surface area contributed by atoms with Crippen molar-refractivity contribution in [3.8, 4) is 11.1 Å². The predicted octanol–water partition coefficient (Wildman–Crippen LogP) is 0.732. The molecule has 0 saturated carbocycles. The Morgan fingerprint density at radius 2 is 1.61 bits per heavy atom. The lowest BCUT2D eigenvalue weighted by Crippen LogP contribution is -2.29. The molecular weight excluding hydrogens is 231 g/mol. The topological polar surface area (TPSA) is 77.8 Å². The first-order valence-electron chi connectivity index (χ1n) is 5.38. The van der Waals surface area contributed by atoms with E-state index in [1.165, 1.54) is 6.07 Å². The maximum absolute atomic E-state index is 10.9. The van der Waals surface area contributed by atoms with Gasteiger partial charge in [-0.3, -0.25) is 0 Å². The average molecular weight is 242 g/mol. The quantitative estimate of drug-likeness (QED) is 0.693. The minimum atomic E-state index is -1.50. The molecule has 0 unspecified atom stereocenters. The van der Waals surface area contributed by atoms with E-state index in [1.807, 2.05) is 0 Å². The van der Waals surface area contributed by atoms with Crippen molar-refractivity contribution in [2.45, 2.75) is 0 Å². The van der Waals surface area contributed by atoms with Gasteiger partial charge >= 0.3 is 13.1 Å². The monoisotopic (exact) mass is 242 g/mol. The van der Waals surface area contributed by atoms with Gasteiger partial charge < -0.3 is 15.2 Å². The fraction of sp³-hybridized carbons (Fsp3) is 0. The molecule has 0 amide bonds. The summed E-state index contributed by atoms with van der Waals surface area (Å²) in [5, 5.41) is 26.9. The smallest absolute Gasteiger partial charge is 0.478 e. The van der Waals surface area contributed by atoms with Gasteiger partial charge in [-0.2, -0.15) is 0 Å². The molecule has 0 aliphatic carbocycles. The third-order valence-corrected chi connectivity index (χ3v) is 2.65. The number of rotatable bonds is 3. The second kappa shape index (κ2) is 5.04. The number of carboxylic acid groups (broad SMARTS) is 1. The number of aromatic carboxylic acids is 1. The summed E-state index contributed by atoms with van der Waals surface area (Å²) in [6.07, 6.45) is 0. The lowest BCUT2D eigenvalue weighted by atomic mass is 9.80. The number of benzene rings is 2. The fourth-order valence-corrected chi connectivity index (χ4v) is 1.68. The van der Waals surface area contributed by atoms with Crippen molar-refractivity contribution in [1.29, 1.82) is 0 Å². The molecule has 0 aliphatic heterocycles. The molecule has 0 heterocycles. The molecule has 5 heteroatoms. The summed E-state index contributed by atoms with van der Waals surface area (Å²) in [7, 11) is -1.50. The highest BCUT2D eigenvalue weighted by Gasteiger charge is 2.10. The van der Waals surface area contributed by atoms with Gasteiger partial charge in [-0.05, 0) is 28.7 Å². The van der Waals surface area contributed by atoms with Gasteiger partial charge in [0.15, 0.2) is 0 Å². The lowest BCUT2D eigenvalue weighted by molar-refractivity contribution is 0.0697. The second-order valence-corrected chi connectivity index (χ2v) is 3.88. The Hall–Kier alpha value is -2.11. The Kier molecular flexibility index (Phi) is 3.46. The second-order valence-electron chi connectivity index (χ2n) is 3.88. The van der Waals surface area contributed by atoms with E-state index in [0.29, 0.717) is 5.46 Å². The highest BCUT2D eigenvalue weighted by Crippen LogP contribution is 2.19. The Morgan fingerprint density at radius 1 is 0.944 bits per heavy atom. The highest BCUT2D eigenvalue weighted by atomic mass is 16.4. The first kappa shape index (κ1) is 12.4. The van der Waals surface area contributed by atoms with Crippen LogP contribution in [0.4, 0.5) is 0 Å². The van der Waals surface area contributed by atoms with Crippen LogP contribution in [0.1, 0.15) is 10.4 Å². The largest absolute Gasteiger partial charge is 0.488 e. The lowest BCUT2D eigenvalue weighted by Gasteiger charge is -2.05. The van der Waals surface area contributed by atoms with Gasteiger partial charge in [0.2, 0.25) is 0 Å². The molecule has 4 nitrogen and oxygen atoms in total. The van der Waals surface area contributed by atoms with Crippen LogP contribution in [0.5, 0.6) is 0 Å². The van der Waals surface area contributed by atoms with Crippen molar-refractivity contribution in [3.63, 3.8) is 0 Å². The molecule has 0 radical (unpaired) electrons. The zero-order valence-corrected chi connectivity index (χ0v) is 9.45. The third-order valence-electron chi connectivity index (χ3n) is 2.65. The summed E-state index contributed by atoms with van der Waals surface area (Å²) < 4.78 is 0. The number of carbonyl (C=O) groups is 1. The Morgan fingerprint density at radius 3 is 2.17 bits per heavy atom. The van der Waals surface area contributed by atoms with Gasteiger partial charge in [-0.1, -0.05) is 36.4 Å². The van der Waals surface area contributed by atoms with Crippen LogP contribution in [0.2, 0.25) is 0 Å². The summed E-state index contributed by atoms with van der Waals surface area (Å²) >= 11 is 0. The standard InChI is InChI=1S/C13H11BO4/c15-13(16)11-3-1-2-10(8-11)9-4-6-12(7-5-9)14(17)18/h1-8,17-18H,(H,15,16). The number of carboxylic acids is 1. The Bertz CT molecular complexity index is 563. The van der Waals surface area contributed by atoms with E-state index in [4.69, 9.17) is 15.2 Å². The van der Waals surface area contributed by atoms with Crippen LogP contribution >= 0.6 is 0 Å². The van der Waals surface area contributed by atoms with Gasteiger partial charge in [0, 0.05) is 0 Å². The van der Waals surface area contributed by atoms with E-state index in [2.05, 4.69) is 0 Å². The zero-order valence-electron chi connectivity index (χ0n) is 9.45. The van der Waals surface area contributed by atoms with Gasteiger partial charge in [0.1, 0.15) is 0 Å². The molecule has 3 N–H and O–H groups in total. The van der Waals surface area contributed by atoms with Gasteiger partial charge in [-0.15, -0.1) is 0 Å². The maximum Gasteiger partial charge on any atom is 0.488 e. The SMILES string of the molecule is O=C(O)c1cccc(-c2ccc(B(O)O)cc2)c1. The minimum Gasteiger partial charge on any atom is -0.478 e. The molecule has 0 aromatic heterocycles. The molecule has 90 valence electrons. The number of hydrogen-bond acceptors (Lipinski definition) is 3. The van der Waals surface area contributed by atoms with E-state index in [0.717, 1.165) is 11.1 Å². The molecule has 2 aromatic rings. The summed E-state index contributed by atoms with van der Waals surface area (Å²) in [4.78, 5) is 10.9. The van der Waals surface area contributed by atoms with Crippen molar-refractivity contribution >= 4 is 18.6 Å². The first-order chi connectivity index (χ1) is 8.58.